The first-order chi connectivity index (χ1) is 9.15. The van der Waals surface area contributed by atoms with Crippen LogP contribution in [0.5, 0.6) is 0 Å². The molecule has 0 radical (unpaired) electrons. The Morgan fingerprint density at radius 3 is 2.95 bits per heavy atom. The molecule has 3 N–H and O–H groups in total. The molecule has 1 aromatic heterocycles. The molecule has 1 saturated carbocycles. The summed E-state index contributed by atoms with van der Waals surface area (Å²) in [4.78, 5) is 15.2. The van der Waals surface area contributed by atoms with Crippen LogP contribution in [0, 0.1) is 5.92 Å². The molecule has 0 spiro atoms. The Kier molecular flexibility index (Phi) is 3.50. The number of ketones is 1. The molecule has 1 atom stereocenters. The fraction of sp³-hybridized carbons (Fsp3) is 0.643. The molecule has 2 fully saturated rings. The van der Waals surface area contributed by atoms with Crippen molar-refractivity contribution in [3.05, 3.63) is 10.9 Å². The van der Waals surface area contributed by atoms with Crippen molar-refractivity contribution in [3.63, 3.8) is 0 Å². The summed E-state index contributed by atoms with van der Waals surface area (Å²) in [5, 5.41) is 4.47. The standard InChI is InChI=1S/C14H21N3OS/c1-17-6-2-3-10(17)8-16-12-7-11(15)14(19-12)13(18)9-4-5-9/h7,9-10,16H,2-6,8,15H2,1H3. The van der Waals surface area contributed by atoms with Gasteiger partial charge in [0.05, 0.1) is 15.6 Å². The van der Waals surface area contributed by atoms with Gasteiger partial charge in [0, 0.05) is 18.5 Å². The van der Waals surface area contributed by atoms with Gasteiger partial charge in [-0.15, -0.1) is 11.3 Å². The number of hydrogen-bond acceptors (Lipinski definition) is 5. The van der Waals surface area contributed by atoms with Gasteiger partial charge in [0.25, 0.3) is 0 Å². The summed E-state index contributed by atoms with van der Waals surface area (Å²) in [6.45, 7) is 2.12. The molecule has 1 aliphatic heterocycles. The van der Waals surface area contributed by atoms with Gasteiger partial charge in [0.2, 0.25) is 0 Å². The Morgan fingerprint density at radius 2 is 2.32 bits per heavy atom. The molecule has 104 valence electrons. The molecule has 2 aliphatic rings. The highest BCUT2D eigenvalue weighted by Crippen LogP contribution is 2.38. The number of hydrogen-bond donors (Lipinski definition) is 2. The van der Waals surface area contributed by atoms with Crippen LogP contribution < -0.4 is 11.1 Å². The fourth-order valence-corrected chi connectivity index (χ4v) is 3.68. The smallest absolute Gasteiger partial charge is 0.178 e. The molecule has 19 heavy (non-hydrogen) atoms. The lowest BCUT2D eigenvalue weighted by molar-refractivity contribution is 0.0972. The Labute approximate surface area is 118 Å². The molecule has 0 amide bonds. The predicted octanol–water partition coefficient (Wildman–Crippen LogP) is 2.43. The van der Waals surface area contributed by atoms with E-state index in [-0.39, 0.29) is 11.7 Å². The van der Waals surface area contributed by atoms with Crippen molar-refractivity contribution in [2.75, 3.05) is 31.2 Å². The highest BCUT2D eigenvalue weighted by atomic mass is 32.1. The lowest BCUT2D eigenvalue weighted by Crippen LogP contribution is -2.31. The van der Waals surface area contributed by atoms with Crippen LogP contribution in [-0.4, -0.2) is 36.9 Å². The molecule has 2 heterocycles. The Hall–Kier alpha value is -1.07. The van der Waals surface area contributed by atoms with Gasteiger partial charge in [0.1, 0.15) is 0 Å². The quantitative estimate of drug-likeness (QED) is 0.813. The van der Waals surface area contributed by atoms with E-state index in [1.165, 1.54) is 30.7 Å². The summed E-state index contributed by atoms with van der Waals surface area (Å²) >= 11 is 1.52. The van der Waals surface area contributed by atoms with Gasteiger partial charge in [-0.2, -0.15) is 0 Å². The van der Waals surface area contributed by atoms with Gasteiger partial charge in [0.15, 0.2) is 5.78 Å². The van der Waals surface area contributed by atoms with Crippen LogP contribution in [0.3, 0.4) is 0 Å². The molecule has 0 aromatic carbocycles. The second-order valence-electron chi connectivity index (χ2n) is 5.69. The van der Waals surface area contributed by atoms with Gasteiger partial charge >= 0.3 is 0 Å². The first-order valence-corrected chi connectivity index (χ1v) is 7.84. The SMILES string of the molecule is CN1CCCC1CNc1cc(N)c(C(=O)C2CC2)s1. The number of nitrogens with zero attached hydrogens (tertiary/aromatic N) is 1. The second kappa shape index (κ2) is 5.13. The van der Waals surface area contributed by atoms with Crippen molar-refractivity contribution in [3.8, 4) is 0 Å². The number of Topliss-reactive ketones (excluding diaryl/α,β-unsaturated/α-hetero) is 1. The van der Waals surface area contributed by atoms with Crippen LogP contribution in [0.2, 0.25) is 0 Å². The normalized spacial score (nSPS) is 23.7. The number of rotatable bonds is 5. The summed E-state index contributed by atoms with van der Waals surface area (Å²) in [5.74, 6) is 0.489. The topological polar surface area (TPSA) is 58.4 Å². The van der Waals surface area contributed by atoms with E-state index in [0.29, 0.717) is 11.7 Å². The molecular weight excluding hydrogens is 258 g/mol. The maximum Gasteiger partial charge on any atom is 0.178 e. The Balaban J connectivity index is 1.62. The molecule has 5 heteroatoms. The first kappa shape index (κ1) is 12.9. The zero-order chi connectivity index (χ0) is 13.4. The number of likely N-dealkylation sites (N-methyl/N-ethyl adjacent to an activating group) is 1. The van der Waals surface area contributed by atoms with Crippen LogP contribution in [0.1, 0.15) is 35.4 Å². The number of carbonyl (C=O) groups excluding carboxylic acids is 1. The van der Waals surface area contributed by atoms with Crippen LogP contribution >= 0.6 is 11.3 Å². The molecular formula is C14H21N3OS. The molecule has 3 rings (SSSR count). The highest BCUT2D eigenvalue weighted by molar-refractivity contribution is 7.18. The number of nitrogens with two attached hydrogens (primary N) is 1. The molecule has 1 unspecified atom stereocenters. The summed E-state index contributed by atoms with van der Waals surface area (Å²) in [6.07, 6.45) is 4.59. The van der Waals surface area contributed by atoms with Gasteiger partial charge < -0.3 is 16.0 Å². The third-order valence-electron chi connectivity index (χ3n) is 4.12. The van der Waals surface area contributed by atoms with Crippen LogP contribution in [-0.2, 0) is 0 Å². The van der Waals surface area contributed by atoms with Crippen LogP contribution in [0.15, 0.2) is 6.07 Å². The van der Waals surface area contributed by atoms with Crippen molar-refractivity contribution in [1.29, 1.82) is 0 Å². The summed E-state index contributed by atoms with van der Waals surface area (Å²) in [5.41, 5.74) is 6.60. The van der Waals surface area contributed by atoms with Gasteiger partial charge in [-0.05, 0) is 45.3 Å². The minimum absolute atomic E-state index is 0.244. The largest absolute Gasteiger partial charge is 0.397 e. The number of likely N-dealkylation sites (tertiary alicyclic amines) is 1. The summed E-state index contributed by atoms with van der Waals surface area (Å²) < 4.78 is 0. The van der Waals surface area contributed by atoms with E-state index in [2.05, 4.69) is 17.3 Å². The molecule has 1 aromatic rings. The maximum absolute atomic E-state index is 12.0. The van der Waals surface area contributed by atoms with E-state index < -0.39 is 0 Å². The van der Waals surface area contributed by atoms with E-state index in [1.54, 1.807) is 0 Å². The lowest BCUT2D eigenvalue weighted by Gasteiger charge is -2.19. The van der Waals surface area contributed by atoms with E-state index in [9.17, 15) is 4.79 Å². The van der Waals surface area contributed by atoms with Crippen molar-refractivity contribution in [2.24, 2.45) is 5.92 Å². The third-order valence-corrected chi connectivity index (χ3v) is 5.24. The average molecular weight is 279 g/mol. The van der Waals surface area contributed by atoms with Gasteiger partial charge in [-0.25, -0.2) is 0 Å². The highest BCUT2D eigenvalue weighted by Gasteiger charge is 2.32. The average Bonchev–Trinajstić information content (AvgIpc) is 3.06. The maximum atomic E-state index is 12.0. The van der Waals surface area contributed by atoms with Gasteiger partial charge in [-0.1, -0.05) is 0 Å². The van der Waals surface area contributed by atoms with Crippen molar-refractivity contribution < 1.29 is 4.79 Å². The summed E-state index contributed by atoms with van der Waals surface area (Å²) in [6, 6.07) is 2.51. The zero-order valence-corrected chi connectivity index (χ0v) is 12.1. The van der Waals surface area contributed by atoms with Crippen molar-refractivity contribution >= 4 is 27.8 Å². The van der Waals surface area contributed by atoms with E-state index in [0.717, 1.165) is 29.3 Å². The lowest BCUT2D eigenvalue weighted by atomic mass is 10.2. The third kappa shape index (κ3) is 2.77. The number of nitrogen functional groups attached to an aromatic ring is 1. The van der Waals surface area contributed by atoms with Gasteiger partial charge in [-0.3, -0.25) is 4.79 Å². The van der Waals surface area contributed by atoms with Crippen LogP contribution in [0.25, 0.3) is 0 Å². The second-order valence-corrected chi connectivity index (χ2v) is 6.74. The minimum Gasteiger partial charge on any atom is -0.397 e. The van der Waals surface area contributed by atoms with Crippen LogP contribution in [0.4, 0.5) is 10.7 Å². The van der Waals surface area contributed by atoms with E-state index in [4.69, 9.17) is 5.73 Å². The minimum atomic E-state index is 0.244. The molecule has 4 nitrogen and oxygen atoms in total. The number of nitrogens with one attached hydrogen (secondary N) is 1. The van der Waals surface area contributed by atoms with E-state index >= 15 is 0 Å². The van der Waals surface area contributed by atoms with Crippen molar-refractivity contribution in [2.45, 2.75) is 31.7 Å². The van der Waals surface area contributed by atoms with Crippen molar-refractivity contribution in [1.82, 2.24) is 4.90 Å². The number of thiophene rings is 1. The molecule has 1 aliphatic carbocycles. The molecule has 1 saturated heterocycles. The zero-order valence-electron chi connectivity index (χ0n) is 11.3. The Bertz CT molecular complexity index is 481. The first-order valence-electron chi connectivity index (χ1n) is 7.03. The predicted molar refractivity (Wildman–Crippen MR) is 79.9 cm³/mol. The monoisotopic (exact) mass is 279 g/mol. The van der Waals surface area contributed by atoms with E-state index in [1.807, 2.05) is 6.07 Å². The molecule has 0 bridgehead atoms. The number of carbonyl (C=O) groups is 1. The Morgan fingerprint density at radius 1 is 1.53 bits per heavy atom. The number of anilines is 2. The summed E-state index contributed by atoms with van der Waals surface area (Å²) in [7, 11) is 2.17. The fourth-order valence-electron chi connectivity index (χ4n) is 2.67.